The van der Waals surface area contributed by atoms with Crippen LogP contribution in [0.2, 0.25) is 0 Å². The second kappa shape index (κ2) is 3.98. The summed E-state index contributed by atoms with van der Waals surface area (Å²) in [5.41, 5.74) is -0.681. The van der Waals surface area contributed by atoms with E-state index in [0.717, 1.165) is 0 Å². The van der Waals surface area contributed by atoms with Gasteiger partial charge in [0.2, 0.25) is 5.54 Å². The van der Waals surface area contributed by atoms with Gasteiger partial charge < -0.3 is 9.95 Å². The Balaban J connectivity index is 0. The molecule has 0 saturated carbocycles. The molecule has 0 amide bonds. The van der Waals surface area contributed by atoms with E-state index in [4.69, 9.17) is 6.57 Å². The van der Waals surface area contributed by atoms with E-state index >= 15 is 0 Å². The molecule has 0 aliphatic rings. The predicted octanol–water partition coefficient (Wildman–Crippen LogP) is -2.95. The second-order valence-electron chi connectivity index (χ2n) is 2.07. The molecule has 0 saturated heterocycles. The molecule has 0 unspecified atom stereocenters. The van der Waals surface area contributed by atoms with Crippen molar-refractivity contribution in [2.45, 2.75) is 19.4 Å². The van der Waals surface area contributed by atoms with Gasteiger partial charge in [0.1, 0.15) is 0 Å². The van der Waals surface area contributed by atoms with Gasteiger partial charge >= 0.3 is 18.9 Å². The quantitative estimate of drug-likeness (QED) is 0.259. The first-order valence-corrected chi connectivity index (χ1v) is 2.09. The minimum Gasteiger partial charge on any atom is -0.849 e. The molecule has 0 aliphatic heterocycles. The Kier molecular flexibility index (Phi) is 5.44. The summed E-state index contributed by atoms with van der Waals surface area (Å²) in [6, 6.07) is 0. The van der Waals surface area contributed by atoms with Crippen molar-refractivity contribution in [1.82, 2.24) is 0 Å². The molecule has 0 heterocycles. The maximum Gasteiger partial charge on any atom is 1.00 e. The van der Waals surface area contributed by atoms with Crippen molar-refractivity contribution >= 4 is 0 Å². The summed E-state index contributed by atoms with van der Waals surface area (Å²) in [7, 11) is 0. The third-order valence-corrected chi connectivity index (χ3v) is 0.656. The molecule has 40 valence electrons. The third kappa shape index (κ3) is 4.21. The van der Waals surface area contributed by atoms with Crippen LogP contribution in [0.1, 0.15) is 13.8 Å². The van der Waals surface area contributed by atoms with Crippen LogP contribution >= 0.6 is 0 Å². The van der Waals surface area contributed by atoms with Crippen LogP contribution < -0.4 is 24.0 Å². The Morgan fingerprint density at radius 2 is 2.00 bits per heavy atom. The van der Waals surface area contributed by atoms with Crippen molar-refractivity contribution < 1.29 is 24.0 Å². The molecule has 0 aliphatic carbocycles. The van der Waals surface area contributed by atoms with Gasteiger partial charge in [0, 0.05) is 13.8 Å². The number of nitrogens with zero attached hydrogens (tertiary/aromatic N) is 1. The molecule has 2 nitrogen and oxygen atoms in total. The smallest absolute Gasteiger partial charge is 0.849 e. The zero-order valence-corrected chi connectivity index (χ0v) is 5.56. The zero-order valence-electron chi connectivity index (χ0n) is 5.56. The molecule has 0 fully saturated rings. The average Bonchev–Trinajstić information content (AvgIpc) is 1.68. The van der Waals surface area contributed by atoms with E-state index in [9.17, 15) is 5.11 Å². The summed E-state index contributed by atoms with van der Waals surface area (Å²) in [5.74, 6) is 0. The van der Waals surface area contributed by atoms with Crippen LogP contribution in [0.3, 0.4) is 0 Å². The Morgan fingerprint density at radius 1 is 1.62 bits per heavy atom. The maximum atomic E-state index is 9.97. The van der Waals surface area contributed by atoms with E-state index < -0.39 is 5.54 Å². The van der Waals surface area contributed by atoms with E-state index in [1.165, 1.54) is 0 Å². The van der Waals surface area contributed by atoms with Crippen molar-refractivity contribution in [2.24, 2.45) is 0 Å². The van der Waals surface area contributed by atoms with E-state index in [2.05, 4.69) is 4.85 Å². The van der Waals surface area contributed by atoms with Crippen LogP contribution in [0.25, 0.3) is 4.85 Å². The molecule has 0 aromatic heterocycles. The van der Waals surface area contributed by atoms with Gasteiger partial charge in [-0.15, -0.1) is 0 Å². The monoisotopic (exact) mass is 105 g/mol. The van der Waals surface area contributed by atoms with Gasteiger partial charge in [-0.25, -0.2) is 6.57 Å². The maximum absolute atomic E-state index is 9.97. The summed E-state index contributed by atoms with van der Waals surface area (Å²) in [4.78, 5) is 3.08. The van der Waals surface area contributed by atoms with Crippen molar-refractivity contribution in [3.63, 3.8) is 0 Å². The first-order valence-electron chi connectivity index (χ1n) is 2.09. The van der Waals surface area contributed by atoms with Gasteiger partial charge in [-0.2, -0.15) is 0 Å². The number of hydrogen-bond acceptors (Lipinski definition) is 1. The van der Waals surface area contributed by atoms with E-state index in [-0.39, 0.29) is 25.5 Å². The fourth-order valence-electron chi connectivity index (χ4n) is 0.0323. The SMILES string of the molecule is [C-]#[N+]C(C)(C)C[O-].[Li+]. The van der Waals surface area contributed by atoms with Crippen LogP contribution in [0, 0.1) is 6.57 Å². The summed E-state index contributed by atoms with van der Waals surface area (Å²) < 4.78 is 0. The van der Waals surface area contributed by atoms with Crippen LogP contribution in [0.15, 0.2) is 0 Å². The summed E-state index contributed by atoms with van der Waals surface area (Å²) in [6.45, 7) is 9.39. The second-order valence-corrected chi connectivity index (χ2v) is 2.07. The molecule has 3 heteroatoms. The molecule has 0 atom stereocenters. The molecule has 0 aromatic carbocycles. The normalized spacial score (nSPS) is 9.25. The van der Waals surface area contributed by atoms with Crippen LogP contribution in [0.4, 0.5) is 0 Å². The average molecular weight is 105 g/mol. The minimum atomic E-state index is -0.681. The largest absolute Gasteiger partial charge is 1.00 e. The molecule has 0 radical (unpaired) electrons. The molecule has 8 heavy (non-hydrogen) atoms. The van der Waals surface area contributed by atoms with Crippen LogP contribution in [0.5, 0.6) is 0 Å². The van der Waals surface area contributed by atoms with Crippen molar-refractivity contribution in [3.05, 3.63) is 11.4 Å². The zero-order chi connectivity index (χ0) is 5.91. The molecule has 0 spiro atoms. The first-order chi connectivity index (χ1) is 3.12. The molecule has 0 N–H and O–H groups in total. The van der Waals surface area contributed by atoms with E-state index in [1.807, 2.05) is 0 Å². The van der Waals surface area contributed by atoms with Gasteiger partial charge in [0.15, 0.2) is 0 Å². The van der Waals surface area contributed by atoms with Crippen LogP contribution in [-0.4, -0.2) is 12.1 Å². The van der Waals surface area contributed by atoms with Crippen LogP contribution in [-0.2, 0) is 0 Å². The predicted molar refractivity (Wildman–Crippen MR) is 25.5 cm³/mol. The Morgan fingerprint density at radius 3 is 2.00 bits per heavy atom. The molecule has 0 bridgehead atoms. The topological polar surface area (TPSA) is 27.4 Å². The van der Waals surface area contributed by atoms with E-state index in [1.54, 1.807) is 13.8 Å². The van der Waals surface area contributed by atoms with Crippen molar-refractivity contribution in [1.29, 1.82) is 0 Å². The van der Waals surface area contributed by atoms with Gasteiger partial charge in [-0.05, 0) is 0 Å². The molecule has 0 aromatic rings. The summed E-state index contributed by atoms with van der Waals surface area (Å²) in [6.07, 6.45) is 0. The number of rotatable bonds is 1. The molecule has 0 rings (SSSR count). The van der Waals surface area contributed by atoms with Gasteiger partial charge in [-0.3, -0.25) is 0 Å². The number of hydrogen-bond donors (Lipinski definition) is 0. The fraction of sp³-hybridized carbons (Fsp3) is 0.800. The summed E-state index contributed by atoms with van der Waals surface area (Å²) in [5, 5.41) is 9.97. The first kappa shape index (κ1) is 10.9. The Bertz CT molecular complexity index is 95.1. The Hall–Kier alpha value is 0.0474. The minimum absolute atomic E-state index is 0. The standard InChI is InChI=1S/C5H8NO.Li/c1-5(2,4-7)6-3;/h4H2,1-2H3;/q-1;+1. The Labute approximate surface area is 61.9 Å². The van der Waals surface area contributed by atoms with Gasteiger partial charge in [0.05, 0.1) is 0 Å². The molecular weight excluding hydrogens is 97.0 g/mol. The molecular formula is C5H8LiNO. The summed E-state index contributed by atoms with van der Waals surface area (Å²) >= 11 is 0. The van der Waals surface area contributed by atoms with Gasteiger partial charge in [0.25, 0.3) is 0 Å². The fourth-order valence-corrected chi connectivity index (χ4v) is 0.0323. The third-order valence-electron chi connectivity index (χ3n) is 0.656. The van der Waals surface area contributed by atoms with Crippen molar-refractivity contribution in [3.8, 4) is 0 Å². The van der Waals surface area contributed by atoms with E-state index in [0.29, 0.717) is 0 Å². The van der Waals surface area contributed by atoms with Crippen molar-refractivity contribution in [2.75, 3.05) is 6.61 Å². The van der Waals surface area contributed by atoms with Gasteiger partial charge in [-0.1, -0.05) is 6.61 Å².